The molecule has 0 atom stereocenters. The number of methoxy groups -OCH3 is 1. The first-order valence-corrected chi connectivity index (χ1v) is 4.77. The van der Waals surface area contributed by atoms with Gasteiger partial charge in [-0.15, -0.1) is 0 Å². The molecule has 0 fully saturated rings. The molecule has 0 aliphatic rings. The van der Waals surface area contributed by atoms with Gasteiger partial charge in [0.25, 0.3) is 0 Å². The van der Waals surface area contributed by atoms with Crippen LogP contribution in [0.2, 0.25) is 0 Å². The minimum Gasteiger partial charge on any atom is -0.497 e. The number of halogens is 3. The Hall–Kier alpha value is -1.99. The standard InChI is InChI=1S/C9H8BF3N3O/c1-17-8-4-2-7(3-5-8)16-6-9(14-15-16)10(11,12)13/h2-6H,1H3/q-1. The summed E-state index contributed by atoms with van der Waals surface area (Å²) in [4.78, 5) is 0. The fourth-order valence-corrected chi connectivity index (χ4v) is 1.29. The Morgan fingerprint density at radius 3 is 2.29 bits per heavy atom. The van der Waals surface area contributed by atoms with Gasteiger partial charge < -0.3 is 17.7 Å². The van der Waals surface area contributed by atoms with E-state index in [2.05, 4.69) is 10.3 Å². The van der Waals surface area contributed by atoms with E-state index in [1.54, 1.807) is 24.3 Å². The molecule has 0 spiro atoms. The van der Waals surface area contributed by atoms with Crippen LogP contribution in [-0.4, -0.2) is 29.1 Å². The first kappa shape index (κ1) is 11.5. The van der Waals surface area contributed by atoms with Crippen molar-refractivity contribution >= 4 is 12.6 Å². The maximum atomic E-state index is 12.4. The molecule has 4 nitrogen and oxygen atoms in total. The van der Waals surface area contributed by atoms with Gasteiger partial charge >= 0.3 is 6.98 Å². The molecule has 17 heavy (non-hydrogen) atoms. The van der Waals surface area contributed by atoms with E-state index in [1.165, 1.54) is 7.11 Å². The van der Waals surface area contributed by atoms with E-state index >= 15 is 0 Å². The van der Waals surface area contributed by atoms with Crippen molar-refractivity contribution in [1.82, 2.24) is 15.0 Å². The fourth-order valence-electron chi connectivity index (χ4n) is 1.29. The molecule has 2 aromatic rings. The minimum atomic E-state index is -5.11. The van der Waals surface area contributed by atoms with Crippen molar-refractivity contribution in [2.75, 3.05) is 7.11 Å². The Balaban J connectivity index is 2.30. The van der Waals surface area contributed by atoms with Crippen LogP contribution in [0.25, 0.3) is 5.69 Å². The summed E-state index contributed by atoms with van der Waals surface area (Å²) in [7, 11) is 1.51. The van der Waals surface area contributed by atoms with Gasteiger partial charge in [0, 0.05) is 11.8 Å². The predicted octanol–water partition coefficient (Wildman–Crippen LogP) is 1.33. The molecule has 0 N–H and O–H groups in total. The van der Waals surface area contributed by atoms with Crippen molar-refractivity contribution in [3.63, 3.8) is 0 Å². The summed E-state index contributed by atoms with van der Waals surface area (Å²) in [6, 6.07) is 6.46. The van der Waals surface area contributed by atoms with Gasteiger partial charge in [-0.2, -0.15) is 5.10 Å². The Kier molecular flexibility index (Phi) is 2.78. The minimum absolute atomic E-state index is 0.490. The van der Waals surface area contributed by atoms with Gasteiger partial charge in [0.1, 0.15) is 5.75 Å². The van der Waals surface area contributed by atoms with Gasteiger partial charge in [-0.3, -0.25) is 0 Å². The molecule has 1 aromatic carbocycles. The number of ether oxygens (including phenoxy) is 1. The van der Waals surface area contributed by atoms with Gasteiger partial charge in [-0.1, -0.05) is 5.21 Å². The predicted molar refractivity (Wildman–Crippen MR) is 56.6 cm³/mol. The lowest BCUT2D eigenvalue weighted by atomic mass is 9.87. The van der Waals surface area contributed by atoms with Crippen molar-refractivity contribution in [3.8, 4) is 11.4 Å². The third kappa shape index (κ3) is 2.40. The normalized spacial score (nSPS) is 11.5. The lowest BCUT2D eigenvalue weighted by Gasteiger charge is -2.08. The second-order valence-electron chi connectivity index (χ2n) is 3.36. The van der Waals surface area contributed by atoms with E-state index in [9.17, 15) is 12.9 Å². The summed E-state index contributed by atoms with van der Waals surface area (Å²) in [5.41, 5.74) is -0.467. The number of aromatic nitrogens is 3. The second-order valence-corrected chi connectivity index (χ2v) is 3.36. The average Bonchev–Trinajstić information content (AvgIpc) is 2.78. The van der Waals surface area contributed by atoms with Gasteiger partial charge in [0.2, 0.25) is 0 Å². The largest absolute Gasteiger partial charge is 0.531 e. The lowest BCUT2D eigenvalue weighted by Crippen LogP contribution is -2.35. The molecule has 0 radical (unpaired) electrons. The van der Waals surface area contributed by atoms with Gasteiger partial charge in [-0.25, -0.2) is 4.68 Å². The topological polar surface area (TPSA) is 39.9 Å². The summed E-state index contributed by atoms with van der Waals surface area (Å²) in [5.74, 6) is 0.620. The molecule has 0 bridgehead atoms. The third-order valence-electron chi connectivity index (χ3n) is 2.18. The van der Waals surface area contributed by atoms with E-state index in [0.29, 0.717) is 11.4 Å². The second kappa shape index (κ2) is 4.12. The summed E-state index contributed by atoms with van der Waals surface area (Å²) < 4.78 is 43.1. The van der Waals surface area contributed by atoms with Crippen molar-refractivity contribution in [2.45, 2.75) is 0 Å². The maximum absolute atomic E-state index is 12.4. The van der Waals surface area contributed by atoms with Crippen LogP contribution in [-0.2, 0) is 0 Å². The molecule has 8 heteroatoms. The average molecular weight is 242 g/mol. The van der Waals surface area contributed by atoms with E-state index in [0.717, 1.165) is 10.9 Å². The summed E-state index contributed by atoms with van der Waals surface area (Å²) in [6.45, 7) is -5.11. The van der Waals surface area contributed by atoms with E-state index < -0.39 is 12.6 Å². The van der Waals surface area contributed by atoms with Gasteiger partial charge in [0.05, 0.1) is 12.8 Å². The van der Waals surface area contributed by atoms with E-state index in [1.807, 2.05) is 0 Å². The van der Waals surface area contributed by atoms with Crippen LogP contribution in [0.5, 0.6) is 5.75 Å². The number of hydrogen-bond donors (Lipinski definition) is 0. The monoisotopic (exact) mass is 242 g/mol. The lowest BCUT2D eigenvalue weighted by molar-refractivity contribution is 0.414. The molecule has 0 saturated heterocycles. The van der Waals surface area contributed by atoms with Crippen LogP contribution in [0.1, 0.15) is 0 Å². The van der Waals surface area contributed by atoms with Gasteiger partial charge in [0.15, 0.2) is 0 Å². The molecule has 0 unspecified atom stereocenters. The van der Waals surface area contributed by atoms with Gasteiger partial charge in [-0.05, 0) is 24.3 Å². The van der Waals surface area contributed by atoms with Crippen molar-refractivity contribution < 1.29 is 17.7 Å². The van der Waals surface area contributed by atoms with Crippen LogP contribution in [0, 0.1) is 0 Å². The van der Waals surface area contributed by atoms with E-state index in [-0.39, 0.29) is 0 Å². The smallest absolute Gasteiger partial charge is 0.497 e. The molecular weight excluding hydrogens is 234 g/mol. The Labute approximate surface area is 95.1 Å². The molecule has 1 aromatic heterocycles. The zero-order chi connectivity index (χ0) is 12.5. The Morgan fingerprint density at radius 1 is 1.18 bits per heavy atom. The maximum Gasteiger partial charge on any atom is 0.531 e. The Morgan fingerprint density at radius 2 is 1.82 bits per heavy atom. The van der Waals surface area contributed by atoms with Crippen molar-refractivity contribution in [2.24, 2.45) is 0 Å². The molecule has 2 rings (SSSR count). The zero-order valence-electron chi connectivity index (χ0n) is 8.85. The molecular formula is C9H8BF3N3O-. The summed E-state index contributed by atoms with van der Waals surface area (Å²) in [5, 5.41) is 6.52. The van der Waals surface area contributed by atoms with Crippen molar-refractivity contribution in [3.05, 3.63) is 30.5 Å². The van der Waals surface area contributed by atoms with Crippen LogP contribution in [0.3, 0.4) is 0 Å². The Bertz CT molecular complexity index is 509. The number of rotatable bonds is 3. The number of hydrogen-bond acceptors (Lipinski definition) is 3. The quantitative estimate of drug-likeness (QED) is 0.762. The fraction of sp³-hybridized carbons (Fsp3) is 0.111. The van der Waals surface area contributed by atoms with Crippen LogP contribution in [0.15, 0.2) is 30.5 Å². The molecule has 0 amide bonds. The van der Waals surface area contributed by atoms with Crippen LogP contribution < -0.4 is 10.3 Å². The first-order chi connectivity index (χ1) is 8.00. The number of nitrogens with zero attached hydrogens (tertiary/aromatic N) is 3. The highest BCUT2D eigenvalue weighted by Crippen LogP contribution is 2.14. The third-order valence-corrected chi connectivity index (χ3v) is 2.18. The highest BCUT2D eigenvalue weighted by atomic mass is 19.4. The first-order valence-electron chi connectivity index (χ1n) is 4.77. The highest BCUT2D eigenvalue weighted by Gasteiger charge is 2.29. The molecule has 1 heterocycles. The summed E-state index contributed by atoms with van der Waals surface area (Å²) >= 11 is 0. The van der Waals surface area contributed by atoms with Crippen LogP contribution in [0.4, 0.5) is 12.9 Å². The van der Waals surface area contributed by atoms with Crippen molar-refractivity contribution in [1.29, 1.82) is 0 Å². The van der Waals surface area contributed by atoms with E-state index in [4.69, 9.17) is 4.74 Å². The molecule has 0 saturated carbocycles. The van der Waals surface area contributed by atoms with Crippen LogP contribution >= 0.6 is 0 Å². The SMILES string of the molecule is COc1ccc(-n2cc([B-](F)(F)F)nn2)cc1. The molecule has 90 valence electrons. The zero-order valence-corrected chi connectivity index (χ0v) is 8.85. The molecule has 0 aliphatic carbocycles. The number of benzene rings is 1. The molecule has 0 aliphatic heterocycles. The highest BCUT2D eigenvalue weighted by molar-refractivity contribution is 6.72. The summed E-state index contributed by atoms with van der Waals surface area (Å²) in [6.07, 6.45) is 0.863.